The number of halogens is 6. The Hall–Kier alpha value is -10.7. The number of ether oxygens (including phenoxy) is 7. The van der Waals surface area contributed by atoms with Crippen LogP contribution in [0.1, 0.15) is 145 Å². The summed E-state index contributed by atoms with van der Waals surface area (Å²) in [5, 5.41) is 6.09. The van der Waals surface area contributed by atoms with Gasteiger partial charge in [0.1, 0.15) is 19.6 Å². The molecule has 12 rings (SSSR count). The molecule has 1 amide bonds. The van der Waals surface area contributed by atoms with Gasteiger partial charge in [-0.25, -0.2) is 28.8 Å². The smallest absolute Gasteiger partial charge is 0.340 e. The Morgan fingerprint density at radius 1 is 0.554 bits per heavy atom. The number of aryl methyl sites for hydroxylation is 4. The van der Waals surface area contributed by atoms with E-state index in [2.05, 4.69) is 184 Å². The highest BCUT2D eigenvalue weighted by Crippen LogP contribution is 2.40. The molecule has 0 bridgehead atoms. The van der Waals surface area contributed by atoms with Gasteiger partial charge in [0.25, 0.3) is 11.5 Å². The molecule has 5 heterocycles. The van der Waals surface area contributed by atoms with Gasteiger partial charge in [0.15, 0.2) is 0 Å². The zero-order valence-electron chi connectivity index (χ0n) is 70.4. The molecule has 1 aliphatic heterocycles. The van der Waals surface area contributed by atoms with Crippen molar-refractivity contribution < 1.29 is 71.2 Å². The first-order valence-corrected chi connectivity index (χ1v) is 45.1. The summed E-state index contributed by atoms with van der Waals surface area (Å²) in [6.45, 7) is 26.2. The number of hydrogen-bond acceptors (Lipinski definition) is 22. The standard InChI is InChI=1S/C25H26N4O4.C14H18BrNO2Si.2C11H10BrNO2.C9H9BrINO2.C9H10BrNO2.C9H11NO2/c1-13-10-20(32-5)19(24(30)26-13)12-29-9-8-28-7-6-17-11-18(22-15(3)27-33-16(22)4)14(2)21(23(17)28)25(29)31;1-9-11(15)8-10(6-7-19(3,4)5)13(16)12(9)14(17)18-2;1-6-8(12)5-7-3-4-13-10(7)9(6)11(14)15-2;1-4-7-5-8(12)6(2)9(10(7)13)11(14)15-3;1-4-5(10)3-6(11)8(12)7(4)9(13)14-2;1-5-6(10)3-4-7(11)8(5)9(12)13-2;1-6-4-3-5-7(10)8(6)9(11)12-2/h6-7,10-11H,8-9,12H2,1-5H3,(H,26,30);8H,16H2,1-5H3;3-5,13H,1-2H3;1,5H,13H2,2-3H3;3H,12H2,1-2H3;3-4H,11H2,1-2H3;3-5H,10H2,1-2H3. The Morgan fingerprint density at radius 3 is 1.56 bits per heavy atom. The van der Waals surface area contributed by atoms with Gasteiger partial charge in [-0.1, -0.05) is 128 Å². The number of esters is 6. The monoisotopic (exact) mass is 2100 g/mol. The largest absolute Gasteiger partial charge is 0.496 e. The van der Waals surface area contributed by atoms with Gasteiger partial charge in [-0.2, -0.15) is 0 Å². The van der Waals surface area contributed by atoms with Gasteiger partial charge in [-0.05, 0) is 203 Å². The lowest BCUT2D eigenvalue weighted by Gasteiger charge is -2.23. The topological polar surface area (TPSA) is 397 Å². The lowest BCUT2D eigenvalue weighted by Crippen LogP contribution is -2.34. The zero-order chi connectivity index (χ0) is 90.8. The number of nitrogen functional groups attached to an aromatic ring is 5. The van der Waals surface area contributed by atoms with Crippen LogP contribution in [0.3, 0.4) is 0 Å². The van der Waals surface area contributed by atoms with E-state index in [0.717, 1.165) is 109 Å². The fourth-order valence-corrected chi connectivity index (χ4v) is 16.1. The second-order valence-electron chi connectivity index (χ2n) is 28.1. The van der Waals surface area contributed by atoms with E-state index in [1.807, 2.05) is 104 Å². The number of carbonyl (C=O) groups excluding carboxylic acids is 7. The van der Waals surface area contributed by atoms with E-state index >= 15 is 0 Å². The maximum Gasteiger partial charge on any atom is 0.340 e. The molecule has 0 aliphatic carbocycles. The SMILES string of the molecule is C#Cc1cc(Br)c(C)c(C(=O)OC)c1N.COC(=O)c1c(C)c(Br)cc(C#C[Si](C)(C)C)c1N.COC(=O)c1c(C)c(Br)cc(I)c1N.COC(=O)c1c(C)c(Br)cc2cc[nH]c12.COC(=O)c1c(C)cccc1N.COC(=O)c1c(N)ccc(Br)c1C.COc1cc(C)[nH]c(=O)c1CN1CCn2ccc3cc(-c4c(C)noc4C)c(C)c(c32)C1=O. The molecule has 33 heteroatoms. The first kappa shape index (κ1) is 99.2. The minimum Gasteiger partial charge on any atom is -0.496 e. The predicted molar refractivity (Wildman–Crippen MR) is 503 cm³/mol. The number of nitrogens with two attached hydrogens (primary N) is 5. The van der Waals surface area contributed by atoms with Crippen LogP contribution < -0.4 is 39.0 Å². The Bertz CT molecular complexity index is 5960. The number of terminal acetylenes is 1. The number of aromatic amines is 2. The quantitative estimate of drug-likeness (QED) is 0.0167. The molecule has 0 saturated carbocycles. The number of pyridine rings is 1. The fraction of sp³-hybridized carbons (Fsp3) is 0.261. The summed E-state index contributed by atoms with van der Waals surface area (Å²) in [6.07, 6.45) is 9.10. The van der Waals surface area contributed by atoms with E-state index < -0.39 is 32.0 Å². The average Bonchev–Trinajstić information content (AvgIpc) is 1.59. The van der Waals surface area contributed by atoms with E-state index in [1.165, 1.54) is 49.8 Å². The van der Waals surface area contributed by atoms with Crippen molar-refractivity contribution in [2.45, 2.75) is 102 Å². The number of carbonyl (C=O) groups is 7. The van der Waals surface area contributed by atoms with Crippen LogP contribution in [0, 0.1) is 96.6 Å². The van der Waals surface area contributed by atoms with Crippen molar-refractivity contribution in [3.05, 3.63) is 239 Å². The summed E-state index contributed by atoms with van der Waals surface area (Å²) in [5.41, 5.74) is 49.5. The number of aromatic nitrogens is 4. The number of hydrogen-bond donors (Lipinski definition) is 7. The van der Waals surface area contributed by atoms with E-state index in [1.54, 1.807) is 55.1 Å². The number of benzene rings is 7. The van der Waals surface area contributed by atoms with Gasteiger partial charge in [-0.15, -0.1) is 12.0 Å². The summed E-state index contributed by atoms with van der Waals surface area (Å²) in [4.78, 5) is 103. The van der Waals surface area contributed by atoms with E-state index in [9.17, 15) is 38.4 Å². The molecule has 12 N–H and O–H groups in total. The summed E-state index contributed by atoms with van der Waals surface area (Å²) in [7, 11) is 8.09. The van der Waals surface area contributed by atoms with Crippen molar-refractivity contribution >= 4 is 202 Å². The number of amides is 1. The van der Waals surface area contributed by atoms with Crippen LogP contribution in [0.25, 0.3) is 32.9 Å². The first-order chi connectivity index (χ1) is 56.9. The molecule has 26 nitrogen and oxygen atoms in total. The molecular formula is C88H94Br5IN10O16Si. The summed E-state index contributed by atoms with van der Waals surface area (Å²) < 4.78 is 46.0. The van der Waals surface area contributed by atoms with Crippen molar-refractivity contribution in [2.24, 2.45) is 0 Å². The van der Waals surface area contributed by atoms with Crippen LogP contribution in [0.2, 0.25) is 19.6 Å². The third-order valence-corrected chi connectivity index (χ3v) is 24.9. The Labute approximate surface area is 758 Å². The van der Waals surface area contributed by atoms with Gasteiger partial charge in [0.05, 0.1) is 135 Å². The molecule has 1 aliphatic rings. The fourth-order valence-electron chi connectivity index (χ4n) is 12.5. The van der Waals surface area contributed by atoms with Crippen LogP contribution in [0.5, 0.6) is 5.75 Å². The van der Waals surface area contributed by atoms with Gasteiger partial charge in [0.2, 0.25) is 0 Å². The molecule has 11 aromatic rings. The van der Waals surface area contributed by atoms with Crippen LogP contribution >= 0.6 is 102 Å². The molecule has 0 fully saturated rings. The number of nitrogens with zero attached hydrogens (tertiary/aromatic N) is 3. The molecule has 4 aromatic heterocycles. The number of methoxy groups -OCH3 is 7. The molecular weight excluding hydrogens is 2010 g/mol. The van der Waals surface area contributed by atoms with Crippen LogP contribution in [0.4, 0.5) is 28.4 Å². The van der Waals surface area contributed by atoms with Crippen molar-refractivity contribution in [1.29, 1.82) is 0 Å². The Balaban J connectivity index is 0.000000227. The third-order valence-electron chi connectivity index (χ3n) is 19.0. The molecule has 7 aromatic carbocycles. The predicted octanol–water partition coefficient (Wildman–Crippen LogP) is 18.6. The Morgan fingerprint density at radius 2 is 1.04 bits per heavy atom. The first-order valence-electron chi connectivity index (χ1n) is 36.6. The van der Waals surface area contributed by atoms with Gasteiger partial charge in [-0.3, -0.25) is 9.59 Å². The second kappa shape index (κ2) is 43.7. The van der Waals surface area contributed by atoms with Crippen molar-refractivity contribution in [2.75, 3.05) is 85.0 Å². The minimum atomic E-state index is -1.49. The highest BCUT2D eigenvalue weighted by Gasteiger charge is 2.31. The third kappa shape index (κ3) is 23.5. The summed E-state index contributed by atoms with van der Waals surface area (Å²) >= 11 is 18.9. The second-order valence-corrected chi connectivity index (χ2v) is 38.3. The minimum absolute atomic E-state index is 0.106. The number of H-pyrrole nitrogens is 2. The number of anilines is 5. The van der Waals surface area contributed by atoms with Crippen LogP contribution in [0.15, 0.2) is 123 Å². The number of fused-ring (bicyclic) bond motifs is 1. The molecule has 0 unspecified atom stereocenters. The van der Waals surface area contributed by atoms with Crippen LogP contribution in [-0.2, 0) is 41.5 Å². The van der Waals surface area contributed by atoms with E-state index in [4.69, 9.17) is 53.8 Å². The average molecular weight is 2100 g/mol. The van der Waals surface area contributed by atoms with Gasteiger partial charge >= 0.3 is 35.8 Å². The Kier molecular flexibility index (Phi) is 35.8. The summed E-state index contributed by atoms with van der Waals surface area (Å²) in [5.74, 6) is 4.17. The van der Waals surface area contributed by atoms with Crippen LogP contribution in [-0.4, -0.2) is 131 Å². The number of rotatable bonds is 10. The highest BCUT2D eigenvalue weighted by molar-refractivity contribution is 14.1. The zero-order valence-corrected chi connectivity index (χ0v) is 81.5. The van der Waals surface area contributed by atoms with Gasteiger partial charge in [0, 0.05) is 95.9 Å². The van der Waals surface area contributed by atoms with Gasteiger partial charge < -0.3 is 85.8 Å². The molecule has 0 spiro atoms. The molecule has 121 heavy (non-hydrogen) atoms. The molecule has 0 saturated heterocycles. The maximum atomic E-state index is 13.9. The normalized spacial score (nSPS) is 11.0. The maximum absolute atomic E-state index is 13.9. The van der Waals surface area contributed by atoms with E-state index in [0.29, 0.717) is 103 Å². The summed E-state index contributed by atoms with van der Waals surface area (Å²) in [6, 6.07) is 24.0. The lowest BCUT2D eigenvalue weighted by molar-refractivity contribution is 0.0592. The molecule has 638 valence electrons. The van der Waals surface area contributed by atoms with Crippen molar-refractivity contribution in [1.82, 2.24) is 24.6 Å². The van der Waals surface area contributed by atoms with Crippen molar-refractivity contribution in [3.63, 3.8) is 0 Å². The van der Waals surface area contributed by atoms with E-state index in [-0.39, 0.29) is 35.6 Å². The molecule has 0 atom stereocenters. The lowest BCUT2D eigenvalue weighted by atomic mass is 9.92. The molecule has 0 radical (unpaired) electrons. The van der Waals surface area contributed by atoms with Crippen molar-refractivity contribution in [3.8, 4) is 40.7 Å². The highest BCUT2D eigenvalue weighted by atomic mass is 127. The number of nitrogens with one attached hydrogen (secondary N) is 2.